The number of benzene rings is 2. The van der Waals surface area contributed by atoms with E-state index in [9.17, 15) is 22.4 Å². The van der Waals surface area contributed by atoms with Crippen LogP contribution in [0.4, 0.5) is 17.6 Å². The Hall–Kier alpha value is -4.07. The molecular formula is C24H13F4N3O. The van der Waals surface area contributed by atoms with Gasteiger partial charge in [0.05, 0.1) is 16.6 Å². The summed E-state index contributed by atoms with van der Waals surface area (Å²) in [6, 6.07) is 15.1. The summed E-state index contributed by atoms with van der Waals surface area (Å²) in [5.74, 6) is -0.518. The molecule has 0 unspecified atom stereocenters. The maximum Gasteiger partial charge on any atom is 0.416 e. The van der Waals surface area contributed by atoms with Crippen LogP contribution in [0.25, 0.3) is 38.8 Å². The van der Waals surface area contributed by atoms with Crippen LogP contribution in [0.15, 0.2) is 83.9 Å². The van der Waals surface area contributed by atoms with E-state index in [2.05, 4.69) is 9.97 Å². The van der Waals surface area contributed by atoms with Crippen LogP contribution >= 0.6 is 0 Å². The third kappa shape index (κ3) is 3.30. The SMILES string of the molecule is O=c1ccc2cnc3ccc(-c4ncccc4F)cc3c2n1-c1cccc(C(F)(F)F)c1. The van der Waals surface area contributed by atoms with Crippen molar-refractivity contribution in [2.75, 3.05) is 0 Å². The third-order valence-electron chi connectivity index (χ3n) is 5.18. The molecule has 4 nitrogen and oxygen atoms in total. The van der Waals surface area contributed by atoms with Crippen LogP contribution in [0, 0.1) is 5.82 Å². The number of pyridine rings is 3. The summed E-state index contributed by atoms with van der Waals surface area (Å²) in [5.41, 5.74) is 0.153. The van der Waals surface area contributed by atoms with E-state index in [-0.39, 0.29) is 11.4 Å². The van der Waals surface area contributed by atoms with Gasteiger partial charge in [0.2, 0.25) is 0 Å². The van der Waals surface area contributed by atoms with E-state index >= 15 is 0 Å². The van der Waals surface area contributed by atoms with Crippen LogP contribution in [-0.4, -0.2) is 14.5 Å². The second kappa shape index (κ2) is 7.26. The van der Waals surface area contributed by atoms with Gasteiger partial charge < -0.3 is 0 Å². The molecule has 2 aromatic carbocycles. The van der Waals surface area contributed by atoms with Gasteiger partial charge in [-0.2, -0.15) is 13.2 Å². The van der Waals surface area contributed by atoms with Crippen LogP contribution in [0.5, 0.6) is 0 Å². The number of alkyl halides is 3. The van der Waals surface area contributed by atoms with Crippen molar-refractivity contribution in [2.45, 2.75) is 6.18 Å². The summed E-state index contributed by atoms with van der Waals surface area (Å²) >= 11 is 0. The molecule has 0 saturated carbocycles. The zero-order valence-corrected chi connectivity index (χ0v) is 16.3. The van der Waals surface area contributed by atoms with Gasteiger partial charge in [-0.15, -0.1) is 0 Å². The fraction of sp³-hybridized carbons (Fsp3) is 0.0417. The Kier molecular flexibility index (Phi) is 4.51. The minimum atomic E-state index is -4.56. The molecule has 0 aliphatic rings. The standard InChI is InChI=1S/C24H13F4N3O/c25-19-5-2-10-29-22(19)14-6-8-20-18(11-14)23-15(13-30-20)7-9-21(32)31(23)17-4-1-3-16(12-17)24(26,27)28/h1-13H. The largest absolute Gasteiger partial charge is 0.416 e. The van der Waals surface area contributed by atoms with Gasteiger partial charge in [-0.25, -0.2) is 4.39 Å². The Morgan fingerprint density at radius 3 is 2.50 bits per heavy atom. The molecule has 0 N–H and O–H groups in total. The molecular weight excluding hydrogens is 422 g/mol. The fourth-order valence-electron chi connectivity index (χ4n) is 3.73. The van der Waals surface area contributed by atoms with Crippen LogP contribution in [0.2, 0.25) is 0 Å². The summed E-state index contributed by atoms with van der Waals surface area (Å²) in [5, 5.41) is 1.04. The first-order valence-corrected chi connectivity index (χ1v) is 9.56. The maximum atomic E-state index is 14.3. The van der Waals surface area contributed by atoms with Gasteiger partial charge in [-0.3, -0.25) is 19.3 Å². The van der Waals surface area contributed by atoms with E-state index in [0.717, 1.165) is 12.1 Å². The lowest BCUT2D eigenvalue weighted by molar-refractivity contribution is -0.137. The molecule has 158 valence electrons. The molecule has 5 aromatic rings. The predicted octanol–water partition coefficient (Wildman–Crippen LogP) is 5.76. The predicted molar refractivity (Wildman–Crippen MR) is 113 cm³/mol. The first-order chi connectivity index (χ1) is 15.3. The number of aromatic nitrogens is 3. The Bertz CT molecular complexity index is 1560. The van der Waals surface area contributed by atoms with Crippen molar-refractivity contribution in [2.24, 2.45) is 0 Å². The molecule has 0 aliphatic carbocycles. The molecule has 3 aromatic heterocycles. The summed E-state index contributed by atoms with van der Waals surface area (Å²) in [6.07, 6.45) is -1.55. The van der Waals surface area contributed by atoms with Crippen LogP contribution in [0.3, 0.4) is 0 Å². The monoisotopic (exact) mass is 435 g/mol. The number of hydrogen-bond acceptors (Lipinski definition) is 3. The van der Waals surface area contributed by atoms with E-state index in [1.807, 2.05) is 0 Å². The van der Waals surface area contributed by atoms with E-state index in [4.69, 9.17) is 0 Å². The van der Waals surface area contributed by atoms with Gasteiger partial charge in [0, 0.05) is 40.5 Å². The highest BCUT2D eigenvalue weighted by molar-refractivity contribution is 6.05. The molecule has 5 rings (SSSR count). The molecule has 0 atom stereocenters. The summed E-state index contributed by atoms with van der Waals surface area (Å²) in [4.78, 5) is 21.3. The highest BCUT2D eigenvalue weighted by atomic mass is 19.4. The Morgan fingerprint density at radius 2 is 1.72 bits per heavy atom. The van der Waals surface area contributed by atoms with Crippen LogP contribution in [-0.2, 0) is 6.18 Å². The Balaban J connectivity index is 1.86. The first-order valence-electron chi connectivity index (χ1n) is 9.56. The van der Waals surface area contributed by atoms with Crippen molar-refractivity contribution in [1.82, 2.24) is 14.5 Å². The smallest absolute Gasteiger partial charge is 0.276 e. The zero-order valence-electron chi connectivity index (χ0n) is 16.3. The summed E-state index contributed by atoms with van der Waals surface area (Å²) in [6.45, 7) is 0. The first kappa shape index (κ1) is 19.9. The van der Waals surface area contributed by atoms with E-state index in [1.54, 1.807) is 30.5 Å². The van der Waals surface area contributed by atoms with Crippen molar-refractivity contribution in [1.29, 1.82) is 0 Å². The van der Waals surface area contributed by atoms with Gasteiger partial charge in [-0.1, -0.05) is 12.1 Å². The fourth-order valence-corrected chi connectivity index (χ4v) is 3.73. The van der Waals surface area contributed by atoms with Gasteiger partial charge in [-0.05, 0) is 48.5 Å². The minimum absolute atomic E-state index is 0.0670. The average molecular weight is 435 g/mol. The molecule has 3 heterocycles. The van der Waals surface area contributed by atoms with Crippen molar-refractivity contribution >= 4 is 21.8 Å². The molecule has 0 radical (unpaired) electrons. The van der Waals surface area contributed by atoms with E-state index in [1.165, 1.54) is 41.1 Å². The number of nitrogens with zero attached hydrogens (tertiary/aromatic N) is 3. The third-order valence-corrected chi connectivity index (χ3v) is 5.18. The summed E-state index contributed by atoms with van der Waals surface area (Å²) in [7, 11) is 0. The van der Waals surface area contributed by atoms with Crippen LogP contribution in [0.1, 0.15) is 5.56 Å². The lowest BCUT2D eigenvalue weighted by Gasteiger charge is -2.15. The molecule has 8 heteroatoms. The Morgan fingerprint density at radius 1 is 0.875 bits per heavy atom. The zero-order chi connectivity index (χ0) is 22.5. The second-order valence-corrected chi connectivity index (χ2v) is 7.18. The van der Waals surface area contributed by atoms with Gasteiger partial charge >= 0.3 is 6.18 Å². The van der Waals surface area contributed by atoms with Gasteiger partial charge in [0.1, 0.15) is 11.5 Å². The summed E-state index contributed by atoms with van der Waals surface area (Å²) < 4.78 is 55.4. The normalized spacial score (nSPS) is 11.9. The molecule has 0 fully saturated rings. The molecule has 32 heavy (non-hydrogen) atoms. The molecule has 0 bridgehead atoms. The van der Waals surface area contributed by atoms with Crippen molar-refractivity contribution in [3.05, 3.63) is 101 Å². The average Bonchev–Trinajstić information content (AvgIpc) is 2.78. The lowest BCUT2D eigenvalue weighted by Crippen LogP contribution is -2.18. The molecule has 0 aliphatic heterocycles. The quantitative estimate of drug-likeness (QED) is 0.262. The molecule has 0 amide bonds. The molecule has 0 spiro atoms. The number of hydrogen-bond donors (Lipinski definition) is 0. The van der Waals surface area contributed by atoms with Crippen molar-refractivity contribution in [3.63, 3.8) is 0 Å². The van der Waals surface area contributed by atoms with Gasteiger partial charge in [0.15, 0.2) is 0 Å². The van der Waals surface area contributed by atoms with Gasteiger partial charge in [0.25, 0.3) is 5.56 Å². The van der Waals surface area contributed by atoms with E-state index in [0.29, 0.717) is 27.4 Å². The topological polar surface area (TPSA) is 47.8 Å². The van der Waals surface area contributed by atoms with Crippen LogP contribution < -0.4 is 5.56 Å². The number of fused-ring (bicyclic) bond motifs is 3. The second-order valence-electron chi connectivity index (χ2n) is 7.18. The highest BCUT2D eigenvalue weighted by Crippen LogP contribution is 2.32. The number of rotatable bonds is 2. The highest BCUT2D eigenvalue weighted by Gasteiger charge is 2.30. The lowest BCUT2D eigenvalue weighted by atomic mass is 10.0. The maximum absolute atomic E-state index is 14.3. The Labute approximate surface area is 178 Å². The molecule has 0 saturated heterocycles. The number of halogens is 4. The van der Waals surface area contributed by atoms with E-state index < -0.39 is 23.1 Å². The minimum Gasteiger partial charge on any atom is -0.276 e. The van der Waals surface area contributed by atoms with Crippen molar-refractivity contribution < 1.29 is 17.6 Å². The van der Waals surface area contributed by atoms with Crippen molar-refractivity contribution in [3.8, 4) is 16.9 Å².